The van der Waals surface area contributed by atoms with Gasteiger partial charge in [0.1, 0.15) is 27.2 Å². The van der Waals surface area contributed by atoms with E-state index in [1.165, 1.54) is 12.3 Å². The summed E-state index contributed by atoms with van der Waals surface area (Å²) in [6.45, 7) is 0.700. The van der Waals surface area contributed by atoms with Gasteiger partial charge in [-0.15, -0.1) is 21.6 Å². The summed E-state index contributed by atoms with van der Waals surface area (Å²) in [4.78, 5) is 20.9. The van der Waals surface area contributed by atoms with E-state index in [-0.39, 0.29) is 62.3 Å². The van der Waals surface area contributed by atoms with E-state index < -0.39 is 10.1 Å². The summed E-state index contributed by atoms with van der Waals surface area (Å²) in [6.07, 6.45) is 3.61. The van der Waals surface area contributed by atoms with Crippen molar-refractivity contribution in [2.75, 3.05) is 18.9 Å². The number of hydrogen-bond acceptors (Lipinski definition) is 10. The molecule has 0 aliphatic carbocycles. The van der Waals surface area contributed by atoms with Crippen LogP contribution in [0.2, 0.25) is 5.15 Å². The van der Waals surface area contributed by atoms with E-state index in [1.807, 2.05) is 30.3 Å². The predicted octanol–water partition coefficient (Wildman–Crippen LogP) is 8.11. The van der Waals surface area contributed by atoms with Gasteiger partial charge in [0, 0.05) is 43.7 Å². The van der Waals surface area contributed by atoms with Gasteiger partial charge in [0.2, 0.25) is 0 Å². The molecule has 0 aliphatic heterocycles. The molecule has 0 saturated carbocycles. The molecule has 0 unspecified atom stereocenters. The van der Waals surface area contributed by atoms with Gasteiger partial charge >= 0.3 is 29.6 Å². The number of fused-ring (bicyclic) bond motifs is 4. The number of pyridine rings is 2. The number of rotatable bonds is 10. The van der Waals surface area contributed by atoms with Crippen LogP contribution in [0, 0.1) is 0 Å². The van der Waals surface area contributed by atoms with E-state index in [1.54, 1.807) is 60.0 Å². The number of benzene rings is 4. The molecule has 0 aliphatic rings. The maximum atomic E-state index is 12.5. The molecule has 3 heterocycles. The van der Waals surface area contributed by atoms with Gasteiger partial charge in [-0.3, -0.25) is 14.3 Å². The third kappa shape index (κ3) is 7.60. The van der Waals surface area contributed by atoms with Crippen LogP contribution in [0.5, 0.6) is 5.75 Å². The third-order valence-electron chi connectivity index (χ3n) is 7.96. The molecule has 51 heavy (non-hydrogen) atoms. The summed E-state index contributed by atoms with van der Waals surface area (Å²) in [5.74, 6) is 0.327. The first kappa shape index (κ1) is 36.3. The molecule has 0 bridgehead atoms. The van der Waals surface area contributed by atoms with Gasteiger partial charge in [-0.2, -0.15) is 8.42 Å². The second-order valence-corrected chi connectivity index (χ2v) is 13.9. The van der Waals surface area contributed by atoms with Crippen molar-refractivity contribution in [3.8, 4) is 17.0 Å². The summed E-state index contributed by atoms with van der Waals surface area (Å²) >= 11 is 7.69. The second kappa shape index (κ2) is 15.4. The number of ether oxygens (including phenoxy) is 1. The average molecular weight is 747 g/mol. The summed E-state index contributed by atoms with van der Waals surface area (Å²) in [5.41, 5.74) is 8.79. The first-order valence-electron chi connectivity index (χ1n) is 15.3. The van der Waals surface area contributed by atoms with Gasteiger partial charge in [0.25, 0.3) is 16.0 Å². The van der Waals surface area contributed by atoms with E-state index >= 15 is 0 Å². The Morgan fingerprint density at radius 1 is 0.922 bits per heavy atom. The van der Waals surface area contributed by atoms with Gasteiger partial charge in [-0.25, -0.2) is 4.98 Å². The second-order valence-electron chi connectivity index (χ2n) is 11.1. The number of thiophene rings is 1. The number of hydrogen-bond donors (Lipinski definition) is 3. The first-order valence-corrected chi connectivity index (χ1v) is 17.9. The number of amides is 1. The molecule has 11 nitrogen and oxygen atoms in total. The Hall–Kier alpha value is -4.47. The van der Waals surface area contributed by atoms with E-state index in [9.17, 15) is 17.8 Å². The molecular formula is C36H28ClN6NaO5S2. The van der Waals surface area contributed by atoms with Gasteiger partial charge in [-0.05, 0) is 55.0 Å². The SMILES string of the molecule is Nc1c(N=Nc2ccc(-c3c(OCCCNC(=O)c4cccnc4Cl)ccc4c3sc3ccccc34)nc2)cc(S(=O)(=O)O)c2ccccc12.[NaH]. The van der Waals surface area contributed by atoms with Crippen molar-refractivity contribution < 1.29 is 22.5 Å². The van der Waals surface area contributed by atoms with Crippen molar-refractivity contribution in [1.29, 1.82) is 0 Å². The van der Waals surface area contributed by atoms with Crippen LogP contribution >= 0.6 is 22.9 Å². The number of carbonyl (C=O) groups is 1. The maximum absolute atomic E-state index is 12.5. The zero-order valence-corrected chi connectivity index (χ0v) is 28.5. The molecule has 0 spiro atoms. The zero-order chi connectivity index (χ0) is 34.8. The van der Waals surface area contributed by atoms with Crippen molar-refractivity contribution in [2.45, 2.75) is 11.3 Å². The Morgan fingerprint density at radius 3 is 2.43 bits per heavy atom. The number of nitrogens with two attached hydrogens (primary N) is 1. The van der Waals surface area contributed by atoms with E-state index in [0.29, 0.717) is 47.7 Å². The number of nitrogens with one attached hydrogen (secondary N) is 1. The first-order chi connectivity index (χ1) is 24.2. The molecule has 0 fully saturated rings. The number of halogens is 1. The Kier molecular flexibility index (Phi) is 11.0. The Labute approximate surface area is 323 Å². The van der Waals surface area contributed by atoms with Crippen molar-refractivity contribution in [2.24, 2.45) is 10.2 Å². The summed E-state index contributed by atoms with van der Waals surface area (Å²) in [6, 6.07) is 26.7. The van der Waals surface area contributed by atoms with Crippen LogP contribution in [-0.2, 0) is 10.1 Å². The minimum absolute atomic E-state index is 0. The fourth-order valence-corrected chi connectivity index (χ4v) is 7.76. The predicted molar refractivity (Wildman–Crippen MR) is 204 cm³/mol. The van der Waals surface area contributed by atoms with E-state index in [4.69, 9.17) is 27.1 Å². The third-order valence-corrected chi connectivity index (χ3v) is 10.4. The van der Waals surface area contributed by atoms with Crippen LogP contribution in [0.15, 0.2) is 119 Å². The van der Waals surface area contributed by atoms with E-state index in [2.05, 4.69) is 32.7 Å². The van der Waals surface area contributed by atoms with Crippen LogP contribution in [0.25, 0.3) is 42.2 Å². The number of aromatic nitrogens is 2. The van der Waals surface area contributed by atoms with Crippen LogP contribution in [0.3, 0.4) is 0 Å². The molecule has 0 radical (unpaired) electrons. The van der Waals surface area contributed by atoms with Gasteiger partial charge < -0.3 is 15.8 Å². The summed E-state index contributed by atoms with van der Waals surface area (Å²) in [7, 11) is -4.55. The van der Waals surface area contributed by atoms with Crippen molar-refractivity contribution in [1.82, 2.24) is 15.3 Å². The fraction of sp³-hybridized carbons (Fsp3) is 0.0833. The molecule has 1 amide bonds. The number of nitrogen functional groups attached to an aromatic ring is 1. The Balaban J connectivity index is 0.00000448. The molecule has 4 aromatic carbocycles. The molecule has 252 valence electrons. The van der Waals surface area contributed by atoms with Crippen molar-refractivity contribution in [3.63, 3.8) is 0 Å². The van der Waals surface area contributed by atoms with Crippen LogP contribution in [0.4, 0.5) is 17.1 Å². The number of anilines is 1. The fourth-order valence-electron chi connectivity index (χ4n) is 5.59. The topological polar surface area (TPSA) is 169 Å². The quantitative estimate of drug-likeness (QED) is 0.0315. The van der Waals surface area contributed by atoms with Crippen LogP contribution < -0.4 is 15.8 Å². The standard InChI is InChI=1S/C36H27ClN6O5S2.Na.H/c37-35-26(10-5-16-39-35)36(44)40-17-6-18-48-29-15-13-25-22-7-3-4-11-30(22)49-34(25)32(29)27-14-12-21(20-41-27)42-43-28-19-31(50(45,46)47)23-8-1-2-9-24(23)33(28)38;;/h1-5,7-16,19-20H,6,17-18,38H2,(H,40,44)(H,45,46,47);;. The minimum atomic E-state index is -4.55. The van der Waals surface area contributed by atoms with Crippen molar-refractivity contribution >= 4 is 117 Å². The molecule has 3 aromatic heterocycles. The number of carbonyl (C=O) groups excluding carboxylic acids is 1. The van der Waals surface area contributed by atoms with Crippen LogP contribution in [0.1, 0.15) is 16.8 Å². The van der Waals surface area contributed by atoms with Gasteiger partial charge in [0.15, 0.2) is 0 Å². The molecule has 15 heteroatoms. The van der Waals surface area contributed by atoms with E-state index in [0.717, 1.165) is 25.7 Å². The average Bonchev–Trinajstić information content (AvgIpc) is 3.50. The number of azo groups is 1. The summed E-state index contributed by atoms with van der Waals surface area (Å²) < 4.78 is 42.5. The molecule has 0 saturated heterocycles. The van der Waals surface area contributed by atoms with Gasteiger partial charge in [-0.1, -0.05) is 54.1 Å². The monoisotopic (exact) mass is 746 g/mol. The molecule has 0 atom stereocenters. The van der Waals surface area contributed by atoms with Gasteiger partial charge in [0.05, 0.1) is 35.3 Å². The summed E-state index contributed by atoms with van der Waals surface area (Å²) in [5, 5.41) is 14.4. The Morgan fingerprint density at radius 2 is 1.69 bits per heavy atom. The molecular weight excluding hydrogens is 719 g/mol. The normalized spacial score (nSPS) is 11.6. The van der Waals surface area contributed by atoms with Crippen LogP contribution in [-0.4, -0.2) is 71.6 Å². The zero-order valence-electron chi connectivity index (χ0n) is 26.1. The molecule has 7 aromatic rings. The molecule has 4 N–H and O–H groups in total. The molecule has 7 rings (SSSR count). The number of nitrogens with zero attached hydrogens (tertiary/aromatic N) is 4. The Bertz CT molecular complexity index is 2560. The van der Waals surface area contributed by atoms with Crippen molar-refractivity contribution in [3.05, 3.63) is 114 Å².